The van der Waals surface area contributed by atoms with Crippen LogP contribution in [0.1, 0.15) is 24.0 Å². The third-order valence-corrected chi connectivity index (χ3v) is 4.35. The van der Waals surface area contributed by atoms with Crippen LogP contribution in [0, 0.1) is 5.92 Å². The van der Waals surface area contributed by atoms with Crippen LogP contribution in [-0.2, 0) is 4.79 Å². The van der Waals surface area contributed by atoms with Gasteiger partial charge in [0, 0.05) is 36.3 Å². The zero-order valence-electron chi connectivity index (χ0n) is 12.7. The van der Waals surface area contributed by atoms with Crippen molar-refractivity contribution in [2.75, 3.05) is 14.1 Å². The van der Waals surface area contributed by atoms with E-state index < -0.39 is 0 Å². The molecule has 2 heterocycles. The molecular weight excluding hydrogens is 300 g/mol. The van der Waals surface area contributed by atoms with E-state index in [2.05, 4.69) is 15.2 Å². The summed E-state index contributed by atoms with van der Waals surface area (Å²) in [6.07, 6.45) is 1.73. The molecule has 2 unspecified atom stereocenters. The number of aliphatic imine (C=N–C) groups is 1. The molecule has 1 aliphatic rings. The normalized spacial score (nSPS) is 20.3. The summed E-state index contributed by atoms with van der Waals surface area (Å²) in [6.45, 7) is 1.87. The molecule has 1 N–H and O–H groups in total. The molecule has 0 bridgehead atoms. The highest BCUT2D eigenvalue weighted by Gasteiger charge is 2.39. The number of fused-ring (bicyclic) bond motifs is 1. The summed E-state index contributed by atoms with van der Waals surface area (Å²) in [5.41, 5.74) is 2.58. The van der Waals surface area contributed by atoms with Crippen LogP contribution in [-0.4, -0.2) is 40.8 Å². The van der Waals surface area contributed by atoms with Gasteiger partial charge in [0.25, 0.3) is 0 Å². The maximum absolute atomic E-state index is 12.7. The number of aromatic nitrogens is 2. The molecule has 0 saturated heterocycles. The molecule has 0 radical (unpaired) electrons. The van der Waals surface area contributed by atoms with Crippen LogP contribution in [0.4, 0.5) is 5.82 Å². The van der Waals surface area contributed by atoms with E-state index in [4.69, 9.17) is 11.6 Å². The Labute approximate surface area is 134 Å². The molecule has 3 rings (SSSR count). The largest absolute Gasteiger partial charge is 0.348 e. The third kappa shape index (κ3) is 2.31. The first-order valence-corrected chi connectivity index (χ1v) is 7.42. The summed E-state index contributed by atoms with van der Waals surface area (Å²) in [5.74, 6) is 0.151. The van der Waals surface area contributed by atoms with Gasteiger partial charge in [0.05, 0.1) is 12.1 Å². The Morgan fingerprint density at radius 2 is 2.00 bits per heavy atom. The van der Waals surface area contributed by atoms with Crippen LogP contribution in [0.3, 0.4) is 0 Å². The van der Waals surface area contributed by atoms with Crippen LogP contribution < -0.4 is 0 Å². The van der Waals surface area contributed by atoms with Gasteiger partial charge in [0.2, 0.25) is 5.91 Å². The first kappa shape index (κ1) is 14.8. The predicted octanol–water partition coefficient (Wildman–Crippen LogP) is 3.01. The first-order chi connectivity index (χ1) is 10.5. The Bertz CT molecular complexity index is 750. The number of carbonyl (C=O) groups excluding carboxylic acids is 1. The Balaban J connectivity index is 2.20. The maximum atomic E-state index is 12.7. The van der Waals surface area contributed by atoms with E-state index in [1.807, 2.05) is 31.2 Å². The van der Waals surface area contributed by atoms with Crippen LogP contribution in [0.15, 0.2) is 35.5 Å². The number of nitrogens with zero attached hydrogens (tertiary/aromatic N) is 3. The number of hydrogen-bond donors (Lipinski definition) is 1. The van der Waals surface area contributed by atoms with Crippen molar-refractivity contribution in [2.45, 2.75) is 12.8 Å². The van der Waals surface area contributed by atoms with Crippen molar-refractivity contribution in [3.8, 4) is 0 Å². The maximum Gasteiger partial charge on any atom is 0.231 e. The number of carbonyl (C=O) groups is 1. The number of amides is 1. The Morgan fingerprint density at radius 3 is 2.68 bits per heavy atom. The van der Waals surface area contributed by atoms with Crippen molar-refractivity contribution in [2.24, 2.45) is 10.9 Å². The molecule has 0 aliphatic carbocycles. The zero-order chi connectivity index (χ0) is 15.9. The SMILES string of the molecule is CC1=Nc2[nH]ncc2C(c2ccccc2Cl)C1C(=O)N(C)C. The second kappa shape index (κ2) is 5.57. The molecule has 22 heavy (non-hydrogen) atoms. The van der Waals surface area contributed by atoms with Crippen molar-refractivity contribution in [3.63, 3.8) is 0 Å². The van der Waals surface area contributed by atoms with Crippen molar-refractivity contribution in [1.29, 1.82) is 0 Å². The van der Waals surface area contributed by atoms with E-state index in [1.165, 1.54) is 0 Å². The number of halogens is 1. The fourth-order valence-electron chi connectivity index (χ4n) is 2.95. The lowest BCUT2D eigenvalue weighted by molar-refractivity contribution is -0.131. The van der Waals surface area contributed by atoms with Gasteiger partial charge in [0.15, 0.2) is 5.82 Å². The number of nitrogens with one attached hydrogen (secondary N) is 1. The molecule has 0 saturated carbocycles. The Kier molecular flexibility index (Phi) is 3.74. The number of aromatic amines is 1. The van der Waals surface area contributed by atoms with Crippen LogP contribution in [0.25, 0.3) is 0 Å². The van der Waals surface area contributed by atoms with E-state index in [1.54, 1.807) is 25.2 Å². The van der Waals surface area contributed by atoms with E-state index in [-0.39, 0.29) is 17.7 Å². The van der Waals surface area contributed by atoms with Crippen molar-refractivity contribution >= 4 is 29.0 Å². The van der Waals surface area contributed by atoms with Gasteiger partial charge in [-0.25, -0.2) is 4.99 Å². The molecule has 2 aromatic rings. The fraction of sp³-hybridized carbons (Fsp3) is 0.312. The highest BCUT2D eigenvalue weighted by Crippen LogP contribution is 2.43. The first-order valence-electron chi connectivity index (χ1n) is 7.04. The molecule has 6 heteroatoms. The monoisotopic (exact) mass is 316 g/mol. The molecule has 1 aromatic carbocycles. The number of rotatable bonds is 2. The van der Waals surface area contributed by atoms with Gasteiger partial charge in [-0.15, -0.1) is 0 Å². The summed E-state index contributed by atoms with van der Waals surface area (Å²) in [6, 6.07) is 7.61. The molecule has 0 fully saturated rings. The van der Waals surface area contributed by atoms with E-state index in [9.17, 15) is 4.79 Å². The fourth-order valence-corrected chi connectivity index (χ4v) is 3.20. The van der Waals surface area contributed by atoms with E-state index in [0.717, 1.165) is 16.8 Å². The van der Waals surface area contributed by atoms with E-state index in [0.29, 0.717) is 10.8 Å². The van der Waals surface area contributed by atoms with Crippen molar-refractivity contribution < 1.29 is 4.79 Å². The molecule has 114 valence electrons. The molecular formula is C16H17ClN4O. The molecule has 2 atom stereocenters. The smallest absolute Gasteiger partial charge is 0.231 e. The van der Waals surface area contributed by atoms with Gasteiger partial charge in [-0.1, -0.05) is 29.8 Å². The summed E-state index contributed by atoms with van der Waals surface area (Å²) in [5, 5.41) is 7.62. The minimum atomic E-state index is -0.375. The van der Waals surface area contributed by atoms with Crippen LogP contribution in [0.5, 0.6) is 0 Å². The molecule has 5 nitrogen and oxygen atoms in total. The van der Waals surface area contributed by atoms with Crippen molar-refractivity contribution in [1.82, 2.24) is 15.1 Å². The quantitative estimate of drug-likeness (QED) is 0.925. The molecule has 1 aliphatic heterocycles. The Morgan fingerprint density at radius 1 is 1.27 bits per heavy atom. The van der Waals surface area contributed by atoms with Gasteiger partial charge in [-0.3, -0.25) is 9.89 Å². The summed E-state index contributed by atoms with van der Waals surface area (Å²) in [7, 11) is 3.51. The average molecular weight is 317 g/mol. The summed E-state index contributed by atoms with van der Waals surface area (Å²) < 4.78 is 0. The van der Waals surface area contributed by atoms with E-state index >= 15 is 0 Å². The lowest BCUT2D eigenvalue weighted by Gasteiger charge is -2.31. The number of hydrogen-bond acceptors (Lipinski definition) is 3. The minimum absolute atomic E-state index is 0.0121. The zero-order valence-corrected chi connectivity index (χ0v) is 13.4. The second-order valence-electron chi connectivity index (χ2n) is 5.64. The minimum Gasteiger partial charge on any atom is -0.348 e. The third-order valence-electron chi connectivity index (χ3n) is 4.00. The van der Waals surface area contributed by atoms with Crippen molar-refractivity contribution in [3.05, 3.63) is 46.6 Å². The second-order valence-corrected chi connectivity index (χ2v) is 6.04. The Hall–Kier alpha value is -2.14. The summed E-state index contributed by atoms with van der Waals surface area (Å²) >= 11 is 6.39. The molecule has 0 spiro atoms. The van der Waals surface area contributed by atoms with Gasteiger partial charge in [-0.2, -0.15) is 5.10 Å². The highest BCUT2D eigenvalue weighted by molar-refractivity contribution is 6.31. The van der Waals surface area contributed by atoms with Crippen LogP contribution in [0.2, 0.25) is 5.02 Å². The number of benzene rings is 1. The molecule has 1 aromatic heterocycles. The lowest BCUT2D eigenvalue weighted by atomic mass is 9.77. The average Bonchev–Trinajstić information content (AvgIpc) is 2.93. The van der Waals surface area contributed by atoms with Gasteiger partial charge >= 0.3 is 0 Å². The standard InChI is InChI=1S/C16H17ClN4O/c1-9-13(16(22)21(2)3)14(10-6-4-5-7-12(10)17)11-8-18-20-15(11)19-9/h4-8,13-14H,1-3H3,(H,18,20). The van der Waals surface area contributed by atoms with Gasteiger partial charge in [0.1, 0.15) is 0 Å². The lowest BCUT2D eigenvalue weighted by Crippen LogP contribution is -2.39. The van der Waals surface area contributed by atoms with Crippen LogP contribution >= 0.6 is 11.6 Å². The van der Waals surface area contributed by atoms with Gasteiger partial charge < -0.3 is 4.90 Å². The topological polar surface area (TPSA) is 61.4 Å². The number of H-pyrrole nitrogens is 1. The predicted molar refractivity (Wildman–Crippen MR) is 86.8 cm³/mol. The molecule has 1 amide bonds. The van der Waals surface area contributed by atoms with Gasteiger partial charge in [-0.05, 0) is 18.6 Å². The summed E-state index contributed by atoms with van der Waals surface area (Å²) in [4.78, 5) is 18.8. The highest BCUT2D eigenvalue weighted by atomic mass is 35.5.